The molecule has 2 aromatic carbocycles. The van der Waals surface area contributed by atoms with Gasteiger partial charge in [-0.05, 0) is 80.3 Å². The van der Waals surface area contributed by atoms with E-state index in [9.17, 15) is 0 Å². The summed E-state index contributed by atoms with van der Waals surface area (Å²) >= 11 is 0. The van der Waals surface area contributed by atoms with Crippen LogP contribution in [0.3, 0.4) is 0 Å². The summed E-state index contributed by atoms with van der Waals surface area (Å²) in [5.41, 5.74) is 11.6. The van der Waals surface area contributed by atoms with Crippen molar-refractivity contribution >= 4 is 10.9 Å². The highest BCUT2D eigenvalue weighted by atomic mass is 14.9. The van der Waals surface area contributed by atoms with Crippen LogP contribution in [0.1, 0.15) is 47.1 Å². The van der Waals surface area contributed by atoms with Crippen LogP contribution in [-0.4, -0.2) is 0 Å². The zero-order valence-electron chi connectivity index (χ0n) is 15.9. The second-order valence-electron chi connectivity index (χ2n) is 7.68. The zero-order chi connectivity index (χ0) is 17.6. The fraction of sp³-hybridized carbons (Fsp3) is 0.375. The van der Waals surface area contributed by atoms with Crippen molar-refractivity contribution in [3.8, 4) is 11.3 Å². The summed E-state index contributed by atoms with van der Waals surface area (Å²) < 4.78 is 2.41. The Balaban J connectivity index is 2.14. The molecule has 0 aliphatic heterocycles. The summed E-state index contributed by atoms with van der Waals surface area (Å²) in [6.07, 6.45) is 6.28. The maximum atomic E-state index is 2.47. The van der Waals surface area contributed by atoms with E-state index in [2.05, 4.69) is 68.8 Å². The van der Waals surface area contributed by atoms with E-state index in [1.54, 1.807) is 5.56 Å². The first kappa shape index (κ1) is 16.3. The van der Waals surface area contributed by atoms with E-state index >= 15 is 0 Å². The van der Waals surface area contributed by atoms with Crippen molar-refractivity contribution in [3.05, 3.63) is 64.2 Å². The van der Waals surface area contributed by atoms with E-state index < -0.39 is 0 Å². The summed E-state index contributed by atoms with van der Waals surface area (Å²) in [7, 11) is 2.23. The van der Waals surface area contributed by atoms with Crippen LogP contribution >= 0.6 is 0 Å². The Bertz CT molecular complexity index is 966. The number of hydrogen-bond donors (Lipinski definition) is 0. The molecule has 0 fully saturated rings. The lowest BCUT2D eigenvalue weighted by molar-refractivity contribution is -0.633. The molecule has 1 aliphatic rings. The second-order valence-corrected chi connectivity index (χ2v) is 7.68. The SMILES string of the molecule is Cc1cc(C)c2c(c1C)-c1cc(c3ccccc3[n+]1C)CCCCC2. The lowest BCUT2D eigenvalue weighted by Gasteiger charge is -2.19. The van der Waals surface area contributed by atoms with Gasteiger partial charge in [-0.25, -0.2) is 0 Å². The molecule has 0 atom stereocenters. The van der Waals surface area contributed by atoms with Gasteiger partial charge in [0.2, 0.25) is 11.2 Å². The summed E-state index contributed by atoms with van der Waals surface area (Å²) in [5.74, 6) is 0. The van der Waals surface area contributed by atoms with Crippen LogP contribution in [0.2, 0.25) is 0 Å². The van der Waals surface area contributed by atoms with E-state index in [0.29, 0.717) is 0 Å². The zero-order valence-corrected chi connectivity index (χ0v) is 15.9. The van der Waals surface area contributed by atoms with E-state index in [4.69, 9.17) is 0 Å². The molecule has 0 unspecified atom stereocenters. The molecule has 0 spiro atoms. The highest BCUT2D eigenvalue weighted by Gasteiger charge is 2.24. The molecular formula is C24H28N+. The first-order chi connectivity index (χ1) is 12.1. The lowest BCUT2D eigenvalue weighted by Crippen LogP contribution is -2.33. The van der Waals surface area contributed by atoms with Crippen molar-refractivity contribution < 1.29 is 4.57 Å². The lowest BCUT2D eigenvalue weighted by atomic mass is 9.86. The number of aryl methyl sites for hydroxylation is 4. The van der Waals surface area contributed by atoms with Crippen LogP contribution in [-0.2, 0) is 19.9 Å². The van der Waals surface area contributed by atoms with Crippen LogP contribution in [0, 0.1) is 20.8 Å². The van der Waals surface area contributed by atoms with E-state index in [1.165, 1.54) is 76.5 Å². The van der Waals surface area contributed by atoms with Gasteiger partial charge < -0.3 is 0 Å². The number of rotatable bonds is 0. The smallest absolute Gasteiger partial charge is 0.194 e. The van der Waals surface area contributed by atoms with Crippen LogP contribution in [0.15, 0.2) is 36.4 Å². The molecule has 2 bridgehead atoms. The molecule has 25 heavy (non-hydrogen) atoms. The van der Waals surface area contributed by atoms with Crippen molar-refractivity contribution in [2.75, 3.05) is 0 Å². The molecule has 0 N–H and O–H groups in total. The fourth-order valence-corrected chi connectivity index (χ4v) is 4.56. The Hall–Kier alpha value is -2.15. The molecule has 0 amide bonds. The van der Waals surface area contributed by atoms with Crippen LogP contribution in [0.4, 0.5) is 0 Å². The molecule has 1 heterocycles. The predicted octanol–water partition coefficient (Wildman–Crippen LogP) is 5.53. The van der Waals surface area contributed by atoms with Gasteiger partial charge in [0.1, 0.15) is 7.05 Å². The molecule has 1 heteroatoms. The van der Waals surface area contributed by atoms with E-state index in [-0.39, 0.29) is 0 Å². The third-order valence-electron chi connectivity index (χ3n) is 6.09. The number of aromatic nitrogens is 1. The highest BCUT2D eigenvalue weighted by Crippen LogP contribution is 2.34. The Kier molecular flexibility index (Phi) is 4.11. The maximum absolute atomic E-state index is 2.47. The van der Waals surface area contributed by atoms with Gasteiger partial charge in [-0.15, -0.1) is 0 Å². The number of para-hydroxylation sites is 1. The van der Waals surface area contributed by atoms with Crippen LogP contribution in [0.25, 0.3) is 22.2 Å². The van der Waals surface area contributed by atoms with Crippen LogP contribution < -0.4 is 4.57 Å². The number of benzene rings is 2. The first-order valence-electron chi connectivity index (χ1n) is 9.58. The topological polar surface area (TPSA) is 3.88 Å². The Labute approximate surface area is 151 Å². The monoisotopic (exact) mass is 330 g/mol. The Morgan fingerprint density at radius 1 is 0.840 bits per heavy atom. The molecule has 128 valence electrons. The minimum atomic E-state index is 1.19. The first-order valence-corrected chi connectivity index (χ1v) is 9.58. The normalized spacial score (nSPS) is 14.4. The van der Waals surface area contributed by atoms with Crippen molar-refractivity contribution in [2.45, 2.75) is 52.9 Å². The molecule has 1 aliphatic carbocycles. The second kappa shape index (κ2) is 6.29. The van der Waals surface area contributed by atoms with Crippen molar-refractivity contribution in [1.29, 1.82) is 0 Å². The number of hydrogen-bond acceptors (Lipinski definition) is 0. The van der Waals surface area contributed by atoms with Crippen molar-refractivity contribution in [1.82, 2.24) is 0 Å². The van der Waals surface area contributed by atoms with Crippen molar-refractivity contribution in [3.63, 3.8) is 0 Å². The van der Waals surface area contributed by atoms with Gasteiger partial charge in [0.05, 0.1) is 5.56 Å². The quantitative estimate of drug-likeness (QED) is 0.477. The summed E-state index contributed by atoms with van der Waals surface area (Å²) in [4.78, 5) is 0. The van der Waals surface area contributed by atoms with Gasteiger partial charge in [-0.2, -0.15) is 4.57 Å². The van der Waals surface area contributed by atoms with Gasteiger partial charge in [-0.3, -0.25) is 0 Å². The molecular weight excluding hydrogens is 302 g/mol. The van der Waals surface area contributed by atoms with Crippen LogP contribution in [0.5, 0.6) is 0 Å². The van der Waals surface area contributed by atoms with E-state index in [0.717, 1.165) is 0 Å². The molecule has 0 radical (unpaired) electrons. The minimum Gasteiger partial charge on any atom is -0.194 e. The molecule has 0 saturated carbocycles. The average molecular weight is 330 g/mol. The Morgan fingerprint density at radius 3 is 2.44 bits per heavy atom. The largest absolute Gasteiger partial charge is 0.213 e. The number of pyridine rings is 1. The van der Waals surface area contributed by atoms with Gasteiger partial charge in [0.25, 0.3) is 0 Å². The van der Waals surface area contributed by atoms with Crippen molar-refractivity contribution in [2.24, 2.45) is 7.05 Å². The third-order valence-corrected chi connectivity index (χ3v) is 6.09. The van der Waals surface area contributed by atoms with E-state index in [1.807, 2.05) is 0 Å². The van der Waals surface area contributed by atoms with Gasteiger partial charge in [-0.1, -0.05) is 24.6 Å². The average Bonchev–Trinajstić information content (AvgIpc) is 2.61. The predicted molar refractivity (Wildman–Crippen MR) is 106 cm³/mol. The number of nitrogens with zero attached hydrogens (tertiary/aromatic N) is 1. The molecule has 4 rings (SSSR count). The fourth-order valence-electron chi connectivity index (χ4n) is 4.56. The number of fused-ring (bicyclic) bond motifs is 6. The molecule has 1 aromatic heterocycles. The van der Waals surface area contributed by atoms with Gasteiger partial charge in [0, 0.05) is 17.5 Å². The minimum absolute atomic E-state index is 1.19. The summed E-state index contributed by atoms with van der Waals surface area (Å²) in [5, 5.41) is 1.41. The molecule has 1 nitrogen and oxygen atoms in total. The molecule has 0 saturated heterocycles. The molecule has 3 aromatic rings. The Morgan fingerprint density at radius 2 is 1.60 bits per heavy atom. The summed E-state index contributed by atoms with van der Waals surface area (Å²) in [6.45, 7) is 6.84. The standard InChI is InChI=1S/C24H28N/c1-16-14-17(2)20-11-7-5-6-10-19-15-23(24(20)18(16)3)25(4)22-13-9-8-12-21(19)22/h8-9,12-15H,5-7,10-11H2,1-4H3/q+1. The van der Waals surface area contributed by atoms with Gasteiger partial charge >= 0.3 is 0 Å². The summed E-state index contributed by atoms with van der Waals surface area (Å²) in [6, 6.07) is 13.7. The highest BCUT2D eigenvalue weighted by molar-refractivity contribution is 5.82. The third kappa shape index (κ3) is 2.66. The maximum Gasteiger partial charge on any atom is 0.213 e. The van der Waals surface area contributed by atoms with Gasteiger partial charge in [0.15, 0.2) is 0 Å².